The lowest BCUT2D eigenvalue weighted by Gasteiger charge is -2.40. The highest BCUT2D eigenvalue weighted by Gasteiger charge is 2.48. The van der Waals surface area contributed by atoms with E-state index in [0.717, 1.165) is 31.2 Å². The standard InChI is InChI=1S/C23H28F4N4O3S/c24-19-4-1-3-17(13-19)16-6-8-20(9-7-16)34-15-18-14-31(22-5-2-11-28-29-22)12-10-21(18)30-35(32,33)23(25,26)27/h1-5,11,13,16,18,20-21,30H,6-10,12,14-15H2/t16?,18?,20?,21-/m0/s1. The lowest BCUT2D eigenvalue weighted by Crippen LogP contribution is -2.55. The van der Waals surface area contributed by atoms with E-state index >= 15 is 0 Å². The number of sulfonamides is 1. The van der Waals surface area contributed by atoms with Gasteiger partial charge in [-0.15, -0.1) is 5.10 Å². The van der Waals surface area contributed by atoms with E-state index in [2.05, 4.69) is 10.2 Å². The smallest absolute Gasteiger partial charge is 0.378 e. The fraction of sp³-hybridized carbons (Fsp3) is 0.565. The molecule has 2 aliphatic rings. The Labute approximate surface area is 201 Å². The van der Waals surface area contributed by atoms with Gasteiger partial charge in [-0.2, -0.15) is 18.3 Å². The van der Waals surface area contributed by atoms with Crippen LogP contribution in [0.1, 0.15) is 43.6 Å². The van der Waals surface area contributed by atoms with E-state index in [1.807, 2.05) is 15.7 Å². The number of hydrogen-bond acceptors (Lipinski definition) is 6. The molecule has 1 aromatic heterocycles. The first kappa shape index (κ1) is 25.8. The van der Waals surface area contributed by atoms with Crippen molar-refractivity contribution in [1.29, 1.82) is 0 Å². The molecule has 0 radical (unpaired) electrons. The number of rotatable bonds is 7. The van der Waals surface area contributed by atoms with Crippen molar-refractivity contribution in [2.75, 3.05) is 24.6 Å². The van der Waals surface area contributed by atoms with Crippen molar-refractivity contribution in [3.63, 3.8) is 0 Å². The maximum atomic E-state index is 13.6. The van der Waals surface area contributed by atoms with Gasteiger partial charge in [-0.3, -0.25) is 0 Å². The summed E-state index contributed by atoms with van der Waals surface area (Å²) in [6.07, 6.45) is 4.71. The van der Waals surface area contributed by atoms with Gasteiger partial charge in [0, 0.05) is 31.2 Å². The molecule has 2 heterocycles. The lowest BCUT2D eigenvalue weighted by atomic mass is 9.82. The Morgan fingerprint density at radius 3 is 2.51 bits per heavy atom. The van der Waals surface area contributed by atoms with Gasteiger partial charge in [0.1, 0.15) is 5.82 Å². The van der Waals surface area contributed by atoms with Gasteiger partial charge in [-0.1, -0.05) is 12.1 Å². The summed E-state index contributed by atoms with van der Waals surface area (Å²) in [6.45, 7) is 0.721. The fourth-order valence-electron chi connectivity index (χ4n) is 4.88. The molecule has 1 aliphatic carbocycles. The molecule has 0 amide bonds. The van der Waals surface area contributed by atoms with E-state index in [1.165, 1.54) is 12.3 Å². The van der Waals surface area contributed by atoms with Crippen LogP contribution in [0.15, 0.2) is 42.6 Å². The molecule has 1 saturated heterocycles. The number of alkyl halides is 3. The molecule has 0 bridgehead atoms. The number of ether oxygens (including phenoxy) is 1. The highest BCUT2D eigenvalue weighted by molar-refractivity contribution is 7.90. The normalized spacial score (nSPS) is 26.0. The van der Waals surface area contributed by atoms with Crippen LogP contribution in [-0.2, 0) is 14.8 Å². The van der Waals surface area contributed by atoms with Gasteiger partial charge in [0.05, 0.1) is 12.7 Å². The van der Waals surface area contributed by atoms with Crippen molar-refractivity contribution in [2.45, 2.75) is 55.7 Å². The van der Waals surface area contributed by atoms with Crippen LogP contribution in [0.25, 0.3) is 0 Å². The third-order valence-electron chi connectivity index (χ3n) is 6.77. The van der Waals surface area contributed by atoms with Crippen LogP contribution in [0.5, 0.6) is 0 Å². The molecule has 0 spiro atoms. The van der Waals surface area contributed by atoms with E-state index in [0.29, 0.717) is 12.4 Å². The Hall–Kier alpha value is -2.31. The monoisotopic (exact) mass is 516 g/mol. The second-order valence-electron chi connectivity index (χ2n) is 9.11. The number of nitrogens with one attached hydrogen (secondary N) is 1. The average molecular weight is 517 g/mol. The van der Waals surface area contributed by atoms with Gasteiger partial charge >= 0.3 is 15.5 Å². The molecule has 1 aromatic carbocycles. The van der Waals surface area contributed by atoms with E-state index in [1.54, 1.807) is 24.3 Å². The minimum Gasteiger partial charge on any atom is -0.378 e. The zero-order chi connectivity index (χ0) is 25.1. The Kier molecular flexibility index (Phi) is 7.92. The van der Waals surface area contributed by atoms with Gasteiger partial charge in [0.15, 0.2) is 5.82 Å². The van der Waals surface area contributed by atoms with Crippen LogP contribution in [0.2, 0.25) is 0 Å². The van der Waals surface area contributed by atoms with Gasteiger partial charge in [0.25, 0.3) is 0 Å². The molecule has 2 atom stereocenters. The molecular weight excluding hydrogens is 488 g/mol. The summed E-state index contributed by atoms with van der Waals surface area (Å²) in [6, 6.07) is 9.11. The van der Waals surface area contributed by atoms with Gasteiger partial charge < -0.3 is 9.64 Å². The van der Waals surface area contributed by atoms with Crippen molar-refractivity contribution in [2.24, 2.45) is 5.92 Å². The van der Waals surface area contributed by atoms with Crippen molar-refractivity contribution < 1.29 is 30.7 Å². The van der Waals surface area contributed by atoms with Crippen molar-refractivity contribution >= 4 is 15.8 Å². The third kappa shape index (κ3) is 6.47. The predicted molar refractivity (Wildman–Crippen MR) is 122 cm³/mol. The number of halogens is 4. The zero-order valence-electron chi connectivity index (χ0n) is 19.0. The molecule has 12 heteroatoms. The Balaban J connectivity index is 1.39. The molecular formula is C23H28F4N4O3S. The number of nitrogens with zero attached hydrogens (tertiary/aromatic N) is 3. The summed E-state index contributed by atoms with van der Waals surface area (Å²) in [4.78, 5) is 1.88. The summed E-state index contributed by atoms with van der Waals surface area (Å²) in [5, 5.41) is 7.90. The number of piperidine rings is 1. The lowest BCUT2D eigenvalue weighted by molar-refractivity contribution is -0.0460. The highest BCUT2D eigenvalue weighted by Crippen LogP contribution is 2.35. The number of aromatic nitrogens is 2. The first-order valence-electron chi connectivity index (χ1n) is 11.6. The fourth-order valence-corrected chi connectivity index (χ4v) is 5.72. The summed E-state index contributed by atoms with van der Waals surface area (Å²) < 4.78 is 84.1. The quantitative estimate of drug-likeness (QED) is 0.561. The summed E-state index contributed by atoms with van der Waals surface area (Å²) >= 11 is 0. The molecule has 35 heavy (non-hydrogen) atoms. The zero-order valence-corrected chi connectivity index (χ0v) is 19.8. The first-order chi connectivity index (χ1) is 16.6. The molecule has 1 unspecified atom stereocenters. The summed E-state index contributed by atoms with van der Waals surface area (Å²) in [5.41, 5.74) is -4.42. The predicted octanol–water partition coefficient (Wildman–Crippen LogP) is 3.99. The van der Waals surface area contributed by atoms with Crippen LogP contribution < -0.4 is 9.62 Å². The maximum Gasteiger partial charge on any atom is 0.511 e. The van der Waals surface area contributed by atoms with Gasteiger partial charge in [0.2, 0.25) is 0 Å². The average Bonchev–Trinajstić information content (AvgIpc) is 2.83. The number of hydrogen-bond donors (Lipinski definition) is 1. The molecule has 1 N–H and O–H groups in total. The van der Waals surface area contributed by atoms with Crippen molar-refractivity contribution in [1.82, 2.24) is 14.9 Å². The van der Waals surface area contributed by atoms with Crippen LogP contribution in [0.3, 0.4) is 0 Å². The number of benzene rings is 1. The second kappa shape index (κ2) is 10.8. The Bertz CT molecular complexity index is 1080. The SMILES string of the molecule is O=S(=O)(N[C@H]1CCN(c2cccnn2)CC1COC1CCC(c2cccc(F)c2)CC1)C(F)(F)F. The van der Waals surface area contributed by atoms with Gasteiger partial charge in [-0.05, 0) is 67.9 Å². The van der Waals surface area contributed by atoms with Crippen molar-refractivity contribution in [3.8, 4) is 0 Å². The van der Waals surface area contributed by atoms with Crippen LogP contribution >= 0.6 is 0 Å². The Morgan fingerprint density at radius 2 is 1.86 bits per heavy atom. The van der Waals surface area contributed by atoms with E-state index < -0.39 is 27.5 Å². The first-order valence-corrected chi connectivity index (χ1v) is 13.1. The molecule has 2 aromatic rings. The van der Waals surface area contributed by atoms with Crippen molar-refractivity contribution in [3.05, 3.63) is 54.0 Å². The van der Waals surface area contributed by atoms with E-state index in [4.69, 9.17) is 4.74 Å². The highest BCUT2D eigenvalue weighted by atomic mass is 32.2. The van der Waals surface area contributed by atoms with E-state index in [9.17, 15) is 26.0 Å². The minimum atomic E-state index is -5.48. The molecule has 7 nitrogen and oxygen atoms in total. The second-order valence-corrected chi connectivity index (χ2v) is 10.8. The molecule has 1 aliphatic heterocycles. The van der Waals surface area contributed by atoms with Crippen LogP contribution in [-0.4, -0.2) is 56.0 Å². The maximum absolute atomic E-state index is 13.6. The molecule has 1 saturated carbocycles. The molecule has 4 rings (SSSR count). The molecule has 2 fully saturated rings. The van der Waals surface area contributed by atoms with E-state index in [-0.39, 0.29) is 37.4 Å². The van der Waals surface area contributed by atoms with Gasteiger partial charge in [-0.25, -0.2) is 17.5 Å². The van der Waals surface area contributed by atoms with Crippen LogP contribution in [0.4, 0.5) is 23.4 Å². The number of anilines is 1. The summed E-state index contributed by atoms with van der Waals surface area (Å²) in [7, 11) is -5.48. The minimum absolute atomic E-state index is 0.0911. The largest absolute Gasteiger partial charge is 0.511 e. The third-order valence-corrected chi connectivity index (χ3v) is 7.99. The Morgan fingerprint density at radius 1 is 1.09 bits per heavy atom. The molecule has 192 valence electrons. The summed E-state index contributed by atoms with van der Waals surface area (Å²) in [5.74, 6) is 0.0333. The van der Waals surface area contributed by atoms with Crippen LogP contribution in [0, 0.1) is 11.7 Å². The topological polar surface area (TPSA) is 84.4 Å².